The molecule has 0 aromatic carbocycles. The molecule has 0 fully saturated rings. The van der Waals surface area contributed by atoms with Gasteiger partial charge in [-0.05, 0) is 44.9 Å². The molecule has 1 amide bonds. The van der Waals surface area contributed by atoms with Crippen LogP contribution in [-0.4, -0.2) is 46.9 Å². The van der Waals surface area contributed by atoms with Gasteiger partial charge in [-0.3, -0.25) is 9.59 Å². The second-order valence-corrected chi connectivity index (χ2v) is 15.8. The topological polar surface area (TPSA) is 95.9 Å². The standard InChI is InChI=1S/C46H89NO5/c1-4-7-10-13-16-19-20-21-22-23-24-27-29-32-35-38-44(49)43(41-48)47-45(50)40-42(37-34-31-28-25-17-14-11-8-5-2)52-46(51)39-36-33-30-26-18-15-12-9-6-3/h14,17,42-44,48-49H,4-13,15-16,18-41H2,1-3H3,(H,47,50)/b17-14-. The molecular formula is C46H89NO5. The van der Waals surface area contributed by atoms with Crippen LogP contribution < -0.4 is 5.32 Å². The van der Waals surface area contributed by atoms with E-state index in [1.165, 1.54) is 135 Å². The molecule has 3 atom stereocenters. The summed E-state index contributed by atoms with van der Waals surface area (Å²) in [7, 11) is 0. The van der Waals surface area contributed by atoms with Gasteiger partial charge >= 0.3 is 5.97 Å². The Labute approximate surface area is 323 Å². The average Bonchev–Trinajstić information content (AvgIpc) is 3.13. The monoisotopic (exact) mass is 736 g/mol. The SMILES string of the molecule is CCCC/C=C\CCCCCC(CC(=O)NC(CO)C(O)CCCCCCCCCCCCCCCCC)OC(=O)CCCCCCCCCCC. The van der Waals surface area contributed by atoms with Gasteiger partial charge in [0.25, 0.3) is 0 Å². The minimum absolute atomic E-state index is 0.0720. The lowest BCUT2D eigenvalue weighted by molar-refractivity contribution is -0.151. The van der Waals surface area contributed by atoms with Gasteiger partial charge in [-0.1, -0.05) is 200 Å². The van der Waals surface area contributed by atoms with Gasteiger partial charge in [0.2, 0.25) is 5.91 Å². The van der Waals surface area contributed by atoms with E-state index in [0.29, 0.717) is 19.3 Å². The average molecular weight is 736 g/mol. The van der Waals surface area contributed by atoms with Crippen LogP contribution in [0.2, 0.25) is 0 Å². The van der Waals surface area contributed by atoms with Crippen LogP contribution in [0.15, 0.2) is 12.2 Å². The Kier molecular flexibility index (Phi) is 39.7. The number of carbonyl (C=O) groups is 2. The minimum atomic E-state index is -0.783. The molecule has 0 aromatic heterocycles. The van der Waals surface area contributed by atoms with E-state index in [9.17, 15) is 19.8 Å². The summed E-state index contributed by atoms with van der Waals surface area (Å²) in [5.41, 5.74) is 0. The highest BCUT2D eigenvalue weighted by Gasteiger charge is 2.24. The van der Waals surface area contributed by atoms with Gasteiger partial charge in [0, 0.05) is 6.42 Å². The highest BCUT2D eigenvalue weighted by atomic mass is 16.5. The van der Waals surface area contributed by atoms with Crippen molar-refractivity contribution in [2.75, 3.05) is 6.61 Å². The van der Waals surface area contributed by atoms with Crippen LogP contribution in [0.3, 0.4) is 0 Å². The van der Waals surface area contributed by atoms with E-state index >= 15 is 0 Å². The third-order valence-electron chi connectivity index (χ3n) is 10.6. The van der Waals surface area contributed by atoms with E-state index in [0.717, 1.165) is 64.2 Å². The Morgan fingerprint density at radius 2 is 0.942 bits per heavy atom. The zero-order chi connectivity index (χ0) is 38.2. The third-order valence-corrected chi connectivity index (χ3v) is 10.6. The van der Waals surface area contributed by atoms with E-state index in [2.05, 4.69) is 38.2 Å². The van der Waals surface area contributed by atoms with Crippen LogP contribution in [0.4, 0.5) is 0 Å². The molecule has 0 radical (unpaired) electrons. The molecule has 0 saturated carbocycles. The van der Waals surface area contributed by atoms with Crippen molar-refractivity contribution in [3.8, 4) is 0 Å². The van der Waals surface area contributed by atoms with Crippen molar-refractivity contribution in [2.45, 2.75) is 264 Å². The normalized spacial score (nSPS) is 13.4. The number of ether oxygens (including phenoxy) is 1. The molecule has 308 valence electrons. The lowest BCUT2D eigenvalue weighted by Crippen LogP contribution is -2.46. The van der Waals surface area contributed by atoms with E-state index in [1.807, 2.05) is 0 Å². The number of aliphatic hydroxyl groups is 2. The first-order chi connectivity index (χ1) is 25.5. The summed E-state index contributed by atoms with van der Waals surface area (Å²) in [6, 6.07) is -0.697. The second-order valence-electron chi connectivity index (χ2n) is 15.8. The van der Waals surface area contributed by atoms with Gasteiger partial charge < -0.3 is 20.3 Å². The third kappa shape index (κ3) is 35.6. The molecule has 0 spiro atoms. The maximum atomic E-state index is 13.1. The quantitative estimate of drug-likeness (QED) is 0.0330. The highest BCUT2D eigenvalue weighted by molar-refractivity contribution is 5.77. The summed E-state index contributed by atoms with van der Waals surface area (Å²) >= 11 is 0. The predicted molar refractivity (Wildman–Crippen MR) is 223 cm³/mol. The molecule has 6 nitrogen and oxygen atoms in total. The summed E-state index contributed by atoms with van der Waals surface area (Å²) in [6.07, 6.45) is 42.8. The number of hydrogen-bond acceptors (Lipinski definition) is 5. The Morgan fingerprint density at radius 3 is 1.42 bits per heavy atom. The number of esters is 1. The largest absolute Gasteiger partial charge is 0.462 e. The molecule has 0 bridgehead atoms. The lowest BCUT2D eigenvalue weighted by Gasteiger charge is -2.24. The van der Waals surface area contributed by atoms with Crippen molar-refractivity contribution in [1.82, 2.24) is 5.32 Å². The van der Waals surface area contributed by atoms with Crippen molar-refractivity contribution in [3.63, 3.8) is 0 Å². The first-order valence-corrected chi connectivity index (χ1v) is 22.9. The van der Waals surface area contributed by atoms with Crippen molar-refractivity contribution in [3.05, 3.63) is 12.2 Å². The van der Waals surface area contributed by atoms with Crippen molar-refractivity contribution < 1.29 is 24.5 Å². The summed E-state index contributed by atoms with van der Waals surface area (Å²) < 4.78 is 5.86. The Hall–Kier alpha value is -1.40. The molecule has 0 saturated heterocycles. The second kappa shape index (κ2) is 40.8. The van der Waals surface area contributed by atoms with Crippen molar-refractivity contribution in [1.29, 1.82) is 0 Å². The fourth-order valence-corrected chi connectivity index (χ4v) is 7.06. The van der Waals surface area contributed by atoms with E-state index < -0.39 is 18.2 Å². The Balaban J connectivity index is 4.44. The van der Waals surface area contributed by atoms with Gasteiger partial charge in [-0.2, -0.15) is 0 Å². The van der Waals surface area contributed by atoms with Gasteiger partial charge in [-0.25, -0.2) is 0 Å². The van der Waals surface area contributed by atoms with Gasteiger partial charge in [0.15, 0.2) is 0 Å². The van der Waals surface area contributed by atoms with Crippen molar-refractivity contribution in [2.24, 2.45) is 0 Å². The number of unbranched alkanes of at least 4 members (excludes halogenated alkanes) is 27. The number of allylic oxidation sites excluding steroid dienone is 2. The zero-order valence-electron chi connectivity index (χ0n) is 35.0. The van der Waals surface area contributed by atoms with Crippen LogP contribution in [0.25, 0.3) is 0 Å². The molecule has 3 unspecified atom stereocenters. The number of aliphatic hydroxyl groups excluding tert-OH is 2. The van der Waals surface area contributed by atoms with Crippen LogP contribution in [-0.2, 0) is 14.3 Å². The first-order valence-electron chi connectivity index (χ1n) is 22.9. The predicted octanol–water partition coefficient (Wildman–Crippen LogP) is 13.0. The van der Waals surface area contributed by atoms with Crippen LogP contribution >= 0.6 is 0 Å². The van der Waals surface area contributed by atoms with Gasteiger partial charge in [0.1, 0.15) is 6.10 Å². The minimum Gasteiger partial charge on any atom is -0.462 e. The molecule has 0 aliphatic heterocycles. The number of hydrogen-bond donors (Lipinski definition) is 3. The summed E-state index contributed by atoms with van der Waals surface area (Å²) in [4.78, 5) is 25.8. The summed E-state index contributed by atoms with van der Waals surface area (Å²) in [6.45, 7) is 6.42. The molecule has 6 heteroatoms. The fraction of sp³-hybridized carbons (Fsp3) is 0.913. The molecule has 0 aromatic rings. The molecular weight excluding hydrogens is 647 g/mol. The summed E-state index contributed by atoms with van der Waals surface area (Å²) in [5.74, 6) is -0.485. The van der Waals surface area contributed by atoms with Crippen LogP contribution in [0.5, 0.6) is 0 Å². The maximum absolute atomic E-state index is 13.1. The highest BCUT2D eigenvalue weighted by Crippen LogP contribution is 2.17. The molecule has 0 heterocycles. The molecule has 52 heavy (non-hydrogen) atoms. The number of carbonyl (C=O) groups excluding carboxylic acids is 2. The zero-order valence-corrected chi connectivity index (χ0v) is 35.0. The number of amides is 1. The first kappa shape index (κ1) is 50.6. The maximum Gasteiger partial charge on any atom is 0.306 e. The van der Waals surface area contributed by atoms with Gasteiger partial charge in [0.05, 0.1) is 25.2 Å². The van der Waals surface area contributed by atoms with E-state index in [1.54, 1.807) is 0 Å². The Bertz CT molecular complexity index is 787. The summed E-state index contributed by atoms with van der Waals surface area (Å²) in [5, 5.41) is 23.6. The molecule has 0 rings (SSSR count). The van der Waals surface area contributed by atoms with Crippen LogP contribution in [0.1, 0.15) is 245 Å². The number of rotatable bonds is 41. The molecule has 0 aliphatic rings. The van der Waals surface area contributed by atoms with E-state index in [-0.39, 0.29) is 24.9 Å². The van der Waals surface area contributed by atoms with Gasteiger partial charge in [-0.15, -0.1) is 0 Å². The molecule has 0 aliphatic carbocycles. The van der Waals surface area contributed by atoms with Crippen LogP contribution in [0, 0.1) is 0 Å². The number of nitrogens with one attached hydrogen (secondary N) is 1. The Morgan fingerprint density at radius 1 is 0.538 bits per heavy atom. The van der Waals surface area contributed by atoms with E-state index in [4.69, 9.17) is 4.74 Å². The molecule has 3 N–H and O–H groups in total. The van der Waals surface area contributed by atoms with Crippen molar-refractivity contribution >= 4 is 11.9 Å². The lowest BCUT2D eigenvalue weighted by atomic mass is 10.0. The fourth-order valence-electron chi connectivity index (χ4n) is 7.06. The smallest absolute Gasteiger partial charge is 0.306 e.